The second kappa shape index (κ2) is 8.72. The lowest BCUT2D eigenvalue weighted by molar-refractivity contribution is 0.102. The number of nitrogens with one attached hydrogen (secondary N) is 1. The van der Waals surface area contributed by atoms with E-state index in [9.17, 15) is 13.2 Å². The summed E-state index contributed by atoms with van der Waals surface area (Å²) in [6.07, 6.45) is 0. The molecular weight excluding hydrogens is 378 g/mol. The number of piperazine rings is 1. The fourth-order valence-electron chi connectivity index (χ4n) is 3.05. The van der Waals surface area contributed by atoms with Crippen LogP contribution in [0, 0.1) is 0 Å². The Kier molecular flexibility index (Phi) is 6.33. The Morgan fingerprint density at radius 2 is 1.79 bits per heavy atom. The number of sulfonamides is 1. The molecule has 7 nitrogen and oxygen atoms in total. The SMILES string of the molecule is CCOc1ccccc1C(=O)Nc1cccc(S(=O)(=O)N2CCN(C)CC2)c1. The topological polar surface area (TPSA) is 78.9 Å². The normalized spacial score (nSPS) is 15.9. The molecule has 0 radical (unpaired) electrons. The van der Waals surface area contributed by atoms with E-state index in [-0.39, 0.29) is 10.8 Å². The van der Waals surface area contributed by atoms with Crippen molar-refractivity contribution in [3.8, 4) is 5.75 Å². The van der Waals surface area contributed by atoms with Crippen LogP contribution in [0.25, 0.3) is 0 Å². The smallest absolute Gasteiger partial charge is 0.259 e. The molecule has 28 heavy (non-hydrogen) atoms. The van der Waals surface area contributed by atoms with Crippen LogP contribution in [0.4, 0.5) is 5.69 Å². The van der Waals surface area contributed by atoms with Crippen LogP contribution in [0.5, 0.6) is 5.75 Å². The Bertz CT molecular complexity index is 938. The standard InChI is InChI=1S/C20H25N3O4S/c1-3-27-19-10-5-4-9-18(19)20(24)21-16-7-6-8-17(15-16)28(25,26)23-13-11-22(2)12-14-23/h4-10,15H,3,11-14H2,1-2H3,(H,21,24). The Morgan fingerprint density at radius 1 is 1.07 bits per heavy atom. The predicted octanol–water partition coefficient (Wildman–Crippen LogP) is 2.27. The van der Waals surface area contributed by atoms with Crippen molar-refractivity contribution in [2.45, 2.75) is 11.8 Å². The number of benzene rings is 2. The van der Waals surface area contributed by atoms with Gasteiger partial charge < -0.3 is 15.0 Å². The van der Waals surface area contributed by atoms with E-state index in [1.54, 1.807) is 42.5 Å². The highest BCUT2D eigenvalue weighted by molar-refractivity contribution is 7.89. The van der Waals surface area contributed by atoms with Crippen molar-refractivity contribution in [3.05, 3.63) is 54.1 Å². The lowest BCUT2D eigenvalue weighted by Gasteiger charge is -2.31. The molecular formula is C20H25N3O4S. The maximum absolute atomic E-state index is 12.9. The number of likely N-dealkylation sites (N-methyl/N-ethyl adjacent to an activating group) is 1. The molecule has 0 aromatic heterocycles. The number of para-hydroxylation sites is 1. The monoisotopic (exact) mass is 403 g/mol. The molecule has 150 valence electrons. The molecule has 2 aromatic rings. The molecule has 0 spiro atoms. The van der Waals surface area contributed by atoms with Gasteiger partial charge in [-0.25, -0.2) is 8.42 Å². The summed E-state index contributed by atoms with van der Waals surface area (Å²) in [5, 5.41) is 2.77. The maximum Gasteiger partial charge on any atom is 0.259 e. The van der Waals surface area contributed by atoms with E-state index < -0.39 is 10.0 Å². The average Bonchev–Trinajstić information content (AvgIpc) is 2.69. The second-order valence-corrected chi connectivity index (χ2v) is 8.56. The van der Waals surface area contributed by atoms with Gasteiger partial charge in [0.25, 0.3) is 5.91 Å². The van der Waals surface area contributed by atoms with Crippen molar-refractivity contribution < 1.29 is 17.9 Å². The van der Waals surface area contributed by atoms with Crippen molar-refractivity contribution in [1.82, 2.24) is 9.21 Å². The molecule has 1 heterocycles. The molecule has 1 aliphatic heterocycles. The van der Waals surface area contributed by atoms with E-state index in [0.29, 0.717) is 49.8 Å². The van der Waals surface area contributed by atoms with Crippen molar-refractivity contribution >= 4 is 21.6 Å². The molecule has 1 fully saturated rings. The van der Waals surface area contributed by atoms with Crippen LogP contribution in [0.1, 0.15) is 17.3 Å². The molecule has 1 saturated heterocycles. The quantitative estimate of drug-likeness (QED) is 0.801. The van der Waals surface area contributed by atoms with E-state index >= 15 is 0 Å². The molecule has 8 heteroatoms. The first-order valence-corrected chi connectivity index (χ1v) is 10.7. The molecule has 1 N–H and O–H groups in total. The third kappa shape index (κ3) is 4.52. The molecule has 0 aliphatic carbocycles. The number of amides is 1. The largest absolute Gasteiger partial charge is 0.493 e. The third-order valence-corrected chi connectivity index (χ3v) is 6.52. The fraction of sp³-hybridized carbons (Fsp3) is 0.350. The zero-order valence-electron chi connectivity index (χ0n) is 16.1. The first-order valence-electron chi connectivity index (χ1n) is 9.23. The number of nitrogens with zero attached hydrogens (tertiary/aromatic N) is 2. The van der Waals surface area contributed by atoms with Crippen molar-refractivity contribution in [3.63, 3.8) is 0 Å². The molecule has 0 saturated carbocycles. The van der Waals surface area contributed by atoms with Gasteiger partial charge in [0.15, 0.2) is 0 Å². The molecule has 2 aromatic carbocycles. The van der Waals surface area contributed by atoms with Gasteiger partial charge in [0.1, 0.15) is 5.75 Å². The highest BCUT2D eigenvalue weighted by Gasteiger charge is 2.27. The van der Waals surface area contributed by atoms with Gasteiger partial charge in [0.2, 0.25) is 10.0 Å². The van der Waals surface area contributed by atoms with Crippen LogP contribution in [0.2, 0.25) is 0 Å². The average molecular weight is 404 g/mol. The number of hydrogen-bond donors (Lipinski definition) is 1. The fourth-order valence-corrected chi connectivity index (χ4v) is 4.51. The molecule has 1 amide bonds. The van der Waals surface area contributed by atoms with Crippen LogP contribution < -0.4 is 10.1 Å². The van der Waals surface area contributed by atoms with E-state index in [1.165, 1.54) is 10.4 Å². The molecule has 1 aliphatic rings. The van der Waals surface area contributed by atoms with Crippen molar-refractivity contribution in [1.29, 1.82) is 0 Å². The Hall–Kier alpha value is -2.42. The summed E-state index contributed by atoms with van der Waals surface area (Å²) < 4.78 is 32.8. The summed E-state index contributed by atoms with van der Waals surface area (Å²) >= 11 is 0. The van der Waals surface area contributed by atoms with Crippen LogP contribution in [-0.4, -0.2) is 63.4 Å². The molecule has 0 bridgehead atoms. The van der Waals surface area contributed by atoms with Gasteiger partial charge in [-0.2, -0.15) is 4.31 Å². The zero-order chi connectivity index (χ0) is 20.1. The highest BCUT2D eigenvalue weighted by Crippen LogP contribution is 2.23. The highest BCUT2D eigenvalue weighted by atomic mass is 32.2. The van der Waals surface area contributed by atoms with Crippen molar-refractivity contribution in [2.24, 2.45) is 0 Å². The number of carbonyl (C=O) groups excluding carboxylic acids is 1. The number of carbonyl (C=O) groups is 1. The lowest BCUT2D eigenvalue weighted by atomic mass is 10.2. The summed E-state index contributed by atoms with van der Waals surface area (Å²) in [6, 6.07) is 13.3. The van der Waals surface area contributed by atoms with Crippen LogP contribution >= 0.6 is 0 Å². The van der Waals surface area contributed by atoms with Gasteiger partial charge in [-0.05, 0) is 44.3 Å². The third-order valence-electron chi connectivity index (χ3n) is 4.62. The van der Waals surface area contributed by atoms with E-state index in [0.717, 1.165) is 0 Å². The van der Waals surface area contributed by atoms with Gasteiger partial charge in [-0.1, -0.05) is 18.2 Å². The number of ether oxygens (including phenoxy) is 1. The minimum atomic E-state index is -3.59. The van der Waals surface area contributed by atoms with E-state index in [2.05, 4.69) is 10.2 Å². The summed E-state index contributed by atoms with van der Waals surface area (Å²) in [6.45, 7) is 4.60. The Morgan fingerprint density at radius 3 is 2.50 bits per heavy atom. The second-order valence-electron chi connectivity index (χ2n) is 6.62. The maximum atomic E-state index is 12.9. The molecule has 3 rings (SSSR count). The van der Waals surface area contributed by atoms with Gasteiger partial charge in [0.05, 0.1) is 17.1 Å². The number of hydrogen-bond acceptors (Lipinski definition) is 5. The number of anilines is 1. The van der Waals surface area contributed by atoms with Gasteiger partial charge in [0, 0.05) is 31.9 Å². The summed E-state index contributed by atoms with van der Waals surface area (Å²) in [5.41, 5.74) is 0.822. The minimum absolute atomic E-state index is 0.174. The molecule has 0 atom stereocenters. The van der Waals surface area contributed by atoms with Gasteiger partial charge in [-0.15, -0.1) is 0 Å². The van der Waals surface area contributed by atoms with E-state index in [1.807, 2.05) is 14.0 Å². The summed E-state index contributed by atoms with van der Waals surface area (Å²) in [5.74, 6) is 0.141. The van der Waals surface area contributed by atoms with Crippen LogP contribution in [0.15, 0.2) is 53.4 Å². The minimum Gasteiger partial charge on any atom is -0.493 e. The van der Waals surface area contributed by atoms with Gasteiger partial charge in [-0.3, -0.25) is 4.79 Å². The molecule has 0 unspecified atom stereocenters. The summed E-state index contributed by atoms with van der Waals surface area (Å²) in [4.78, 5) is 14.9. The van der Waals surface area contributed by atoms with E-state index in [4.69, 9.17) is 4.74 Å². The van der Waals surface area contributed by atoms with Gasteiger partial charge >= 0.3 is 0 Å². The predicted molar refractivity (Wildman–Crippen MR) is 108 cm³/mol. The first kappa shape index (κ1) is 20.3. The summed E-state index contributed by atoms with van der Waals surface area (Å²) in [7, 11) is -1.62. The zero-order valence-corrected chi connectivity index (χ0v) is 16.9. The van der Waals surface area contributed by atoms with Crippen LogP contribution in [0.3, 0.4) is 0 Å². The lowest BCUT2D eigenvalue weighted by Crippen LogP contribution is -2.47. The number of rotatable bonds is 6. The Balaban J connectivity index is 1.79. The first-order chi connectivity index (χ1) is 13.4. The Labute approximate surface area is 166 Å². The van der Waals surface area contributed by atoms with Crippen LogP contribution in [-0.2, 0) is 10.0 Å². The van der Waals surface area contributed by atoms with Crippen molar-refractivity contribution in [2.75, 3.05) is 45.2 Å².